The fourth-order valence-electron chi connectivity index (χ4n) is 2.22. The van der Waals surface area contributed by atoms with Crippen LogP contribution in [0.5, 0.6) is 5.75 Å². The minimum Gasteiger partial charge on any atom is -0.495 e. The predicted octanol–water partition coefficient (Wildman–Crippen LogP) is 1.06. The summed E-state index contributed by atoms with van der Waals surface area (Å²) in [5.74, 6) is 0.381. The maximum absolute atomic E-state index is 12.2. The van der Waals surface area contributed by atoms with E-state index < -0.39 is 0 Å². The highest BCUT2D eigenvalue weighted by atomic mass is 35.5. The van der Waals surface area contributed by atoms with Gasteiger partial charge in [0.25, 0.3) is 11.8 Å². The Labute approximate surface area is 148 Å². The second-order valence-electron chi connectivity index (χ2n) is 5.87. The molecule has 0 saturated heterocycles. The van der Waals surface area contributed by atoms with Crippen molar-refractivity contribution in [1.29, 1.82) is 0 Å². The molecule has 1 aromatic rings. The molecule has 1 atom stereocenters. The molecule has 0 aliphatic carbocycles. The van der Waals surface area contributed by atoms with E-state index in [2.05, 4.69) is 12.2 Å². The largest absolute Gasteiger partial charge is 0.495 e. The Balaban J connectivity index is 2.53. The van der Waals surface area contributed by atoms with E-state index in [4.69, 9.17) is 16.3 Å². The van der Waals surface area contributed by atoms with Gasteiger partial charge in [-0.2, -0.15) is 0 Å². The smallest absolute Gasteiger partial charge is 0.279 e. The zero-order chi connectivity index (χ0) is 18.1. The van der Waals surface area contributed by atoms with Crippen LogP contribution in [0.1, 0.15) is 19.8 Å². The second kappa shape index (κ2) is 10.2. The van der Waals surface area contributed by atoms with E-state index in [-0.39, 0.29) is 24.9 Å². The Kier molecular flexibility index (Phi) is 8.57. The first-order valence-corrected chi connectivity index (χ1v) is 8.43. The fraction of sp³-hybridized carbons (Fsp3) is 0.529. The lowest BCUT2D eigenvalue weighted by Gasteiger charge is -2.19. The molecule has 7 heteroatoms. The Bertz CT molecular complexity index is 566. The zero-order valence-corrected chi connectivity index (χ0v) is 15.6. The van der Waals surface area contributed by atoms with E-state index in [0.717, 1.165) is 24.3 Å². The van der Waals surface area contributed by atoms with E-state index in [1.165, 1.54) is 7.11 Å². The molecule has 2 amide bonds. The summed E-state index contributed by atoms with van der Waals surface area (Å²) >= 11 is 5.95. The number of hydrogen-bond donors (Lipinski definition) is 2. The first-order chi connectivity index (χ1) is 11.4. The van der Waals surface area contributed by atoms with Crippen molar-refractivity contribution in [2.75, 3.05) is 46.2 Å². The predicted molar refractivity (Wildman–Crippen MR) is 95.8 cm³/mol. The lowest BCUT2D eigenvalue weighted by atomic mass is 10.3. The highest BCUT2D eigenvalue weighted by molar-refractivity contribution is 6.31. The molecule has 0 spiro atoms. The lowest BCUT2D eigenvalue weighted by Crippen LogP contribution is -3.11. The van der Waals surface area contributed by atoms with Crippen molar-refractivity contribution in [3.63, 3.8) is 0 Å². The normalized spacial score (nSPS) is 11.7. The molecule has 0 aliphatic rings. The Morgan fingerprint density at radius 1 is 1.33 bits per heavy atom. The van der Waals surface area contributed by atoms with Gasteiger partial charge in [0.15, 0.2) is 13.1 Å². The van der Waals surface area contributed by atoms with Crippen LogP contribution in [0.15, 0.2) is 18.2 Å². The first-order valence-electron chi connectivity index (χ1n) is 8.06. The maximum atomic E-state index is 12.2. The number of halogens is 1. The van der Waals surface area contributed by atoms with Crippen molar-refractivity contribution in [2.24, 2.45) is 0 Å². The van der Waals surface area contributed by atoms with Crippen molar-refractivity contribution >= 4 is 29.1 Å². The third kappa shape index (κ3) is 6.76. The molecule has 1 aromatic carbocycles. The summed E-state index contributed by atoms with van der Waals surface area (Å²) in [6.07, 6.45) is 2.03. The molecule has 0 aromatic heterocycles. The van der Waals surface area contributed by atoms with Crippen molar-refractivity contribution < 1.29 is 19.2 Å². The van der Waals surface area contributed by atoms with Gasteiger partial charge >= 0.3 is 0 Å². The van der Waals surface area contributed by atoms with E-state index >= 15 is 0 Å². The van der Waals surface area contributed by atoms with Gasteiger partial charge in [-0.15, -0.1) is 0 Å². The summed E-state index contributed by atoms with van der Waals surface area (Å²) in [5, 5.41) is 3.29. The van der Waals surface area contributed by atoms with Crippen LogP contribution in [0.25, 0.3) is 0 Å². The molecule has 0 radical (unpaired) electrons. The molecular formula is C17H27ClN3O3+. The Morgan fingerprint density at radius 3 is 2.67 bits per heavy atom. The van der Waals surface area contributed by atoms with Gasteiger partial charge in [0.2, 0.25) is 0 Å². The van der Waals surface area contributed by atoms with E-state index in [1.54, 1.807) is 30.1 Å². The van der Waals surface area contributed by atoms with Gasteiger partial charge < -0.3 is 19.9 Å². The summed E-state index contributed by atoms with van der Waals surface area (Å²) in [6.45, 7) is 3.29. The van der Waals surface area contributed by atoms with Crippen LogP contribution >= 0.6 is 11.6 Å². The van der Waals surface area contributed by atoms with Crippen molar-refractivity contribution in [1.82, 2.24) is 4.90 Å². The molecule has 24 heavy (non-hydrogen) atoms. The van der Waals surface area contributed by atoms with Crippen LogP contribution in [0.4, 0.5) is 5.69 Å². The Hall–Kier alpha value is -1.79. The third-order valence-electron chi connectivity index (χ3n) is 3.62. The molecule has 1 unspecified atom stereocenters. The number of carbonyl (C=O) groups is 2. The summed E-state index contributed by atoms with van der Waals surface area (Å²) < 4.78 is 5.20. The fourth-order valence-corrected chi connectivity index (χ4v) is 2.39. The molecule has 0 aliphatic heterocycles. The molecular weight excluding hydrogens is 330 g/mol. The summed E-state index contributed by atoms with van der Waals surface area (Å²) in [5.41, 5.74) is 0.522. The number of rotatable bonds is 9. The van der Waals surface area contributed by atoms with Gasteiger partial charge in [0, 0.05) is 18.6 Å². The molecule has 0 saturated carbocycles. The quantitative estimate of drug-likeness (QED) is 0.695. The van der Waals surface area contributed by atoms with E-state index in [1.807, 2.05) is 7.05 Å². The zero-order valence-electron chi connectivity index (χ0n) is 14.8. The van der Waals surface area contributed by atoms with Gasteiger partial charge in [0.1, 0.15) is 5.75 Å². The van der Waals surface area contributed by atoms with Gasteiger partial charge in [0.05, 0.1) is 19.8 Å². The van der Waals surface area contributed by atoms with Crippen LogP contribution in [0, 0.1) is 0 Å². The molecule has 6 nitrogen and oxygen atoms in total. The molecule has 0 heterocycles. The second-order valence-corrected chi connectivity index (χ2v) is 6.31. The molecule has 0 fully saturated rings. The number of carbonyl (C=O) groups excluding carboxylic acids is 2. The van der Waals surface area contributed by atoms with Crippen LogP contribution in [-0.2, 0) is 9.59 Å². The molecule has 1 rings (SSSR count). The highest BCUT2D eigenvalue weighted by Gasteiger charge is 2.18. The van der Waals surface area contributed by atoms with Gasteiger partial charge in [-0.1, -0.05) is 24.9 Å². The molecule has 0 bridgehead atoms. The molecule has 134 valence electrons. The van der Waals surface area contributed by atoms with Crippen LogP contribution in [0.3, 0.4) is 0 Å². The molecule has 2 N–H and O–H groups in total. The Morgan fingerprint density at radius 2 is 2.04 bits per heavy atom. The van der Waals surface area contributed by atoms with E-state index in [0.29, 0.717) is 16.5 Å². The minimum absolute atomic E-state index is 0.0362. The number of hydrogen-bond acceptors (Lipinski definition) is 3. The van der Waals surface area contributed by atoms with Gasteiger partial charge in [-0.25, -0.2) is 0 Å². The van der Waals surface area contributed by atoms with Crippen LogP contribution in [0.2, 0.25) is 5.02 Å². The number of likely N-dealkylation sites (N-methyl/N-ethyl adjacent to an activating group) is 2. The number of quaternary nitrogens is 1. The average molecular weight is 357 g/mol. The topological polar surface area (TPSA) is 63.1 Å². The van der Waals surface area contributed by atoms with Gasteiger partial charge in [-0.3, -0.25) is 9.59 Å². The van der Waals surface area contributed by atoms with Crippen molar-refractivity contribution in [3.8, 4) is 5.75 Å². The number of unbranched alkanes of at least 4 members (excludes halogenated alkanes) is 1. The highest BCUT2D eigenvalue weighted by Crippen LogP contribution is 2.27. The summed E-state index contributed by atoms with van der Waals surface area (Å²) in [4.78, 5) is 26.8. The minimum atomic E-state index is -0.197. The maximum Gasteiger partial charge on any atom is 0.279 e. The van der Waals surface area contributed by atoms with Gasteiger partial charge in [-0.05, 0) is 24.6 Å². The monoisotopic (exact) mass is 356 g/mol. The van der Waals surface area contributed by atoms with Crippen LogP contribution < -0.4 is 15.0 Å². The first kappa shape index (κ1) is 20.3. The van der Waals surface area contributed by atoms with Crippen molar-refractivity contribution in [2.45, 2.75) is 19.8 Å². The number of methoxy groups -OCH3 is 1. The summed E-state index contributed by atoms with van der Waals surface area (Å²) in [6, 6.07) is 5.02. The summed E-state index contributed by atoms with van der Waals surface area (Å²) in [7, 11) is 5.14. The number of ether oxygens (including phenoxy) is 1. The van der Waals surface area contributed by atoms with E-state index in [9.17, 15) is 9.59 Å². The lowest BCUT2D eigenvalue weighted by molar-refractivity contribution is -0.862. The number of anilines is 1. The standard InChI is InChI=1S/C17H26ClN3O3/c1-5-6-9-21(3)17(23)12-20(2)11-16(22)19-14-10-13(18)7-8-15(14)24-4/h7-8,10H,5-6,9,11-12H2,1-4H3,(H,19,22)/p+1. The number of benzene rings is 1. The number of nitrogens with one attached hydrogen (secondary N) is 2. The number of amides is 2. The number of nitrogens with zero attached hydrogens (tertiary/aromatic N) is 1. The average Bonchev–Trinajstić information content (AvgIpc) is 2.52. The third-order valence-corrected chi connectivity index (χ3v) is 3.86. The van der Waals surface area contributed by atoms with Crippen molar-refractivity contribution in [3.05, 3.63) is 23.2 Å². The van der Waals surface area contributed by atoms with Crippen LogP contribution in [-0.4, -0.2) is 57.6 Å². The SMILES string of the molecule is CCCCN(C)C(=O)C[NH+](C)CC(=O)Nc1cc(Cl)ccc1OC.